The molecule has 0 bridgehead atoms. The van der Waals surface area contributed by atoms with Gasteiger partial charge in [-0.2, -0.15) is 4.99 Å². The molecule has 0 aliphatic carbocycles. The Hall–Kier alpha value is -2.45. The lowest BCUT2D eigenvalue weighted by Crippen LogP contribution is -1.97. The fraction of sp³-hybridized carbons (Fsp3) is 0. The molecule has 16 heavy (non-hydrogen) atoms. The number of isocyanates is 1. The van der Waals surface area contributed by atoms with Gasteiger partial charge in [0.2, 0.25) is 6.08 Å². The van der Waals surface area contributed by atoms with Gasteiger partial charge in [0.05, 0.1) is 11.3 Å². The molecule has 2 aromatic carbocycles. The van der Waals surface area contributed by atoms with Crippen LogP contribution in [0, 0.1) is 0 Å². The van der Waals surface area contributed by atoms with Gasteiger partial charge in [0.15, 0.2) is 0 Å². The number of carbonyl (C=O) groups is 1. The standard InChI is InChI=1S/C12H7NO3/c14-7-13-10-6-2-4-8-3-1-5-9(11(8)10)12(15)16/h1-6H,(H,15,16). The van der Waals surface area contributed by atoms with Gasteiger partial charge in [-0.15, -0.1) is 0 Å². The van der Waals surface area contributed by atoms with Gasteiger partial charge in [-0.25, -0.2) is 9.59 Å². The molecule has 0 heterocycles. The number of fused-ring (bicyclic) bond motifs is 1. The van der Waals surface area contributed by atoms with E-state index in [1.165, 1.54) is 12.1 Å². The van der Waals surface area contributed by atoms with Crippen LogP contribution >= 0.6 is 0 Å². The van der Waals surface area contributed by atoms with Gasteiger partial charge in [0, 0.05) is 5.39 Å². The zero-order chi connectivity index (χ0) is 11.5. The Bertz CT molecular complexity index is 576. The van der Waals surface area contributed by atoms with E-state index in [0.29, 0.717) is 11.1 Å². The lowest BCUT2D eigenvalue weighted by molar-refractivity contribution is 0.0699. The summed E-state index contributed by atoms with van der Waals surface area (Å²) in [4.78, 5) is 24.8. The summed E-state index contributed by atoms with van der Waals surface area (Å²) >= 11 is 0. The molecule has 0 saturated carbocycles. The Kier molecular flexibility index (Phi) is 2.50. The van der Waals surface area contributed by atoms with Crippen molar-refractivity contribution in [2.45, 2.75) is 0 Å². The molecule has 0 amide bonds. The average molecular weight is 213 g/mol. The van der Waals surface area contributed by atoms with Crippen molar-refractivity contribution in [3.8, 4) is 0 Å². The number of hydrogen-bond donors (Lipinski definition) is 1. The maximum absolute atomic E-state index is 11.0. The van der Waals surface area contributed by atoms with Crippen LogP contribution in [0.25, 0.3) is 10.8 Å². The van der Waals surface area contributed by atoms with Crippen LogP contribution in [0.5, 0.6) is 0 Å². The van der Waals surface area contributed by atoms with Gasteiger partial charge >= 0.3 is 5.97 Å². The van der Waals surface area contributed by atoms with Crippen molar-refractivity contribution >= 4 is 28.5 Å². The minimum absolute atomic E-state index is 0.132. The zero-order valence-electron chi connectivity index (χ0n) is 8.18. The van der Waals surface area contributed by atoms with Crippen molar-refractivity contribution < 1.29 is 14.7 Å². The molecule has 0 atom stereocenters. The molecule has 0 spiro atoms. The van der Waals surface area contributed by atoms with E-state index in [4.69, 9.17) is 5.11 Å². The molecule has 1 N–H and O–H groups in total. The fourth-order valence-corrected chi connectivity index (χ4v) is 1.64. The Labute approximate surface area is 90.9 Å². The highest BCUT2D eigenvalue weighted by Crippen LogP contribution is 2.28. The predicted molar refractivity (Wildman–Crippen MR) is 58.7 cm³/mol. The summed E-state index contributed by atoms with van der Waals surface area (Å²) < 4.78 is 0. The van der Waals surface area contributed by atoms with Crippen molar-refractivity contribution in [3.05, 3.63) is 42.0 Å². The van der Waals surface area contributed by atoms with Crippen LogP contribution in [-0.4, -0.2) is 17.2 Å². The third-order valence-corrected chi connectivity index (χ3v) is 2.28. The quantitative estimate of drug-likeness (QED) is 0.615. The second-order valence-electron chi connectivity index (χ2n) is 3.19. The molecule has 78 valence electrons. The number of carbonyl (C=O) groups excluding carboxylic acids is 1. The number of benzene rings is 2. The topological polar surface area (TPSA) is 66.7 Å². The van der Waals surface area contributed by atoms with Crippen LogP contribution in [0.1, 0.15) is 10.4 Å². The third kappa shape index (κ3) is 1.58. The third-order valence-electron chi connectivity index (χ3n) is 2.28. The summed E-state index contributed by atoms with van der Waals surface area (Å²) in [5, 5.41) is 10.2. The summed E-state index contributed by atoms with van der Waals surface area (Å²) in [6.07, 6.45) is 1.42. The molecule has 2 rings (SSSR count). The molecule has 2 aromatic rings. The van der Waals surface area contributed by atoms with Gasteiger partial charge in [-0.1, -0.05) is 24.3 Å². The van der Waals surface area contributed by atoms with E-state index in [-0.39, 0.29) is 5.56 Å². The molecule has 0 radical (unpaired) electrons. The van der Waals surface area contributed by atoms with E-state index in [1.54, 1.807) is 30.3 Å². The number of nitrogens with zero attached hydrogens (tertiary/aromatic N) is 1. The average Bonchev–Trinajstić information content (AvgIpc) is 2.29. The van der Waals surface area contributed by atoms with Crippen LogP contribution in [0.15, 0.2) is 41.4 Å². The van der Waals surface area contributed by atoms with E-state index in [0.717, 1.165) is 5.39 Å². The summed E-state index contributed by atoms with van der Waals surface area (Å²) in [5.41, 5.74) is 0.456. The van der Waals surface area contributed by atoms with Crippen LogP contribution < -0.4 is 0 Å². The second-order valence-corrected chi connectivity index (χ2v) is 3.19. The number of aromatic carboxylic acids is 1. The molecule has 0 fully saturated rings. The van der Waals surface area contributed by atoms with E-state index < -0.39 is 5.97 Å². The molecular formula is C12H7NO3. The maximum atomic E-state index is 11.0. The van der Waals surface area contributed by atoms with Gasteiger partial charge in [0.1, 0.15) is 0 Å². The fourth-order valence-electron chi connectivity index (χ4n) is 1.64. The highest BCUT2D eigenvalue weighted by Gasteiger charge is 2.10. The SMILES string of the molecule is O=C=Nc1cccc2cccc(C(=O)O)c12. The minimum atomic E-state index is -1.04. The van der Waals surface area contributed by atoms with Crippen LogP contribution in [0.3, 0.4) is 0 Å². The predicted octanol–water partition coefficient (Wildman–Crippen LogP) is 2.51. The molecule has 0 unspecified atom stereocenters. The van der Waals surface area contributed by atoms with Crippen molar-refractivity contribution in [3.63, 3.8) is 0 Å². The van der Waals surface area contributed by atoms with Crippen LogP contribution in [0.4, 0.5) is 5.69 Å². The lowest BCUT2D eigenvalue weighted by Gasteiger charge is -2.04. The summed E-state index contributed by atoms with van der Waals surface area (Å²) in [6.45, 7) is 0. The monoisotopic (exact) mass is 213 g/mol. The largest absolute Gasteiger partial charge is 0.478 e. The first-order chi connectivity index (χ1) is 7.74. The molecule has 0 aromatic heterocycles. The Morgan fingerprint density at radius 2 is 1.88 bits per heavy atom. The molecule has 0 aliphatic rings. The Balaban J connectivity index is 2.92. The first-order valence-electron chi connectivity index (χ1n) is 4.57. The number of carboxylic acids is 1. The van der Waals surface area contributed by atoms with E-state index >= 15 is 0 Å². The molecule has 4 heteroatoms. The van der Waals surface area contributed by atoms with Gasteiger partial charge in [-0.05, 0) is 17.5 Å². The van der Waals surface area contributed by atoms with Crippen LogP contribution in [-0.2, 0) is 4.79 Å². The first kappa shape index (κ1) is 10.1. The highest BCUT2D eigenvalue weighted by molar-refractivity contribution is 6.08. The number of aliphatic imine (C=N–C) groups is 1. The molecule has 4 nitrogen and oxygen atoms in total. The maximum Gasteiger partial charge on any atom is 0.336 e. The lowest BCUT2D eigenvalue weighted by atomic mass is 10.0. The smallest absolute Gasteiger partial charge is 0.336 e. The summed E-state index contributed by atoms with van der Waals surface area (Å²) in [7, 11) is 0. The zero-order valence-corrected chi connectivity index (χ0v) is 8.18. The van der Waals surface area contributed by atoms with Crippen molar-refractivity contribution in [2.24, 2.45) is 4.99 Å². The van der Waals surface area contributed by atoms with E-state index in [9.17, 15) is 9.59 Å². The van der Waals surface area contributed by atoms with Crippen LogP contribution in [0.2, 0.25) is 0 Å². The van der Waals surface area contributed by atoms with Gasteiger partial charge in [-0.3, -0.25) is 0 Å². The molecule has 0 saturated heterocycles. The Morgan fingerprint density at radius 3 is 2.50 bits per heavy atom. The van der Waals surface area contributed by atoms with Crippen molar-refractivity contribution in [1.82, 2.24) is 0 Å². The number of carboxylic acid groups (broad SMARTS) is 1. The van der Waals surface area contributed by atoms with Gasteiger partial charge < -0.3 is 5.11 Å². The summed E-state index contributed by atoms with van der Waals surface area (Å²) in [5.74, 6) is -1.04. The number of rotatable bonds is 2. The second kappa shape index (κ2) is 3.96. The molecule has 0 aliphatic heterocycles. The molecular weight excluding hydrogens is 206 g/mol. The Morgan fingerprint density at radius 1 is 1.19 bits per heavy atom. The highest BCUT2D eigenvalue weighted by atomic mass is 16.4. The van der Waals surface area contributed by atoms with E-state index in [1.807, 2.05) is 0 Å². The number of hydrogen-bond acceptors (Lipinski definition) is 3. The minimum Gasteiger partial charge on any atom is -0.478 e. The normalized spacial score (nSPS) is 9.75. The van der Waals surface area contributed by atoms with Gasteiger partial charge in [0.25, 0.3) is 0 Å². The van der Waals surface area contributed by atoms with Crippen molar-refractivity contribution in [1.29, 1.82) is 0 Å². The summed E-state index contributed by atoms with van der Waals surface area (Å²) in [6, 6.07) is 9.97. The van der Waals surface area contributed by atoms with E-state index in [2.05, 4.69) is 4.99 Å². The van der Waals surface area contributed by atoms with Crippen molar-refractivity contribution in [2.75, 3.05) is 0 Å². The first-order valence-corrected chi connectivity index (χ1v) is 4.57.